The number of carbonyl (C=O) groups is 2. The Kier molecular flexibility index (Phi) is 6.23. The summed E-state index contributed by atoms with van der Waals surface area (Å²) in [4.78, 5) is 32.2. The number of furan rings is 1. The molecular formula is C27H17Cl2N3O3. The van der Waals surface area contributed by atoms with E-state index in [9.17, 15) is 9.59 Å². The fraction of sp³-hybridized carbons (Fsp3) is 0. The van der Waals surface area contributed by atoms with Gasteiger partial charge in [0.1, 0.15) is 17.3 Å². The lowest BCUT2D eigenvalue weighted by Crippen LogP contribution is -2.32. The molecule has 1 aliphatic heterocycles. The van der Waals surface area contributed by atoms with Crippen molar-refractivity contribution in [2.75, 3.05) is 10.2 Å². The number of hydrogen-bond acceptors (Lipinski definition) is 4. The second kappa shape index (κ2) is 9.62. The van der Waals surface area contributed by atoms with Gasteiger partial charge < -0.3 is 9.73 Å². The fourth-order valence-corrected chi connectivity index (χ4v) is 4.10. The Morgan fingerprint density at radius 1 is 0.886 bits per heavy atom. The molecule has 6 nitrogen and oxygen atoms in total. The Balaban J connectivity index is 1.45. The van der Waals surface area contributed by atoms with E-state index in [0.29, 0.717) is 38.6 Å². The summed E-state index contributed by atoms with van der Waals surface area (Å²) < 4.78 is 5.35. The first-order chi connectivity index (χ1) is 17.0. The van der Waals surface area contributed by atoms with Crippen molar-refractivity contribution in [2.24, 2.45) is 4.99 Å². The highest BCUT2D eigenvalue weighted by Gasteiger charge is 2.32. The number of anilines is 2. The highest BCUT2D eigenvalue weighted by molar-refractivity contribution is 6.40. The molecule has 0 saturated carbocycles. The monoisotopic (exact) mass is 501 g/mol. The fourth-order valence-electron chi connectivity index (χ4n) is 3.61. The summed E-state index contributed by atoms with van der Waals surface area (Å²) in [5.74, 6) is 0.319. The molecule has 5 rings (SSSR count). The molecule has 0 spiro atoms. The normalized spacial score (nSPS) is 14.3. The van der Waals surface area contributed by atoms with Gasteiger partial charge in [0.05, 0.1) is 27.7 Å². The molecule has 0 radical (unpaired) electrons. The van der Waals surface area contributed by atoms with Crippen molar-refractivity contribution in [3.63, 3.8) is 0 Å². The van der Waals surface area contributed by atoms with Crippen LogP contribution >= 0.6 is 23.2 Å². The van der Waals surface area contributed by atoms with E-state index < -0.39 is 0 Å². The number of rotatable bonds is 5. The molecular weight excluding hydrogens is 485 g/mol. The van der Waals surface area contributed by atoms with Gasteiger partial charge in [-0.05, 0) is 48.5 Å². The zero-order chi connectivity index (χ0) is 24.4. The van der Waals surface area contributed by atoms with E-state index in [4.69, 9.17) is 27.6 Å². The van der Waals surface area contributed by atoms with Crippen LogP contribution in [0.5, 0.6) is 0 Å². The highest BCUT2D eigenvalue weighted by Crippen LogP contribution is 2.31. The van der Waals surface area contributed by atoms with Gasteiger partial charge in [0, 0.05) is 17.2 Å². The number of benzene rings is 3. The van der Waals surface area contributed by atoms with Gasteiger partial charge in [-0.2, -0.15) is 0 Å². The minimum atomic E-state index is -0.380. The van der Waals surface area contributed by atoms with Crippen molar-refractivity contribution in [1.82, 2.24) is 0 Å². The van der Waals surface area contributed by atoms with Crippen LogP contribution in [-0.2, 0) is 4.79 Å². The summed E-state index contributed by atoms with van der Waals surface area (Å²) in [6.45, 7) is 0. The lowest BCUT2D eigenvalue weighted by Gasteiger charge is -2.19. The van der Waals surface area contributed by atoms with Crippen LogP contribution in [0.25, 0.3) is 6.08 Å². The topological polar surface area (TPSA) is 74.9 Å². The molecule has 0 unspecified atom stereocenters. The van der Waals surface area contributed by atoms with Crippen molar-refractivity contribution < 1.29 is 14.0 Å². The molecule has 0 aliphatic carbocycles. The average Bonchev–Trinajstić information content (AvgIpc) is 3.50. The summed E-state index contributed by atoms with van der Waals surface area (Å²) >= 11 is 12.3. The predicted molar refractivity (Wildman–Crippen MR) is 138 cm³/mol. The summed E-state index contributed by atoms with van der Waals surface area (Å²) in [5, 5.41) is 3.41. The van der Waals surface area contributed by atoms with Crippen LogP contribution in [0.3, 0.4) is 0 Å². The average molecular weight is 502 g/mol. The standard InChI is InChI=1S/C27H17Cl2N3O3/c28-21-9-4-10-22(29)24(21)31-26(33)18-11-13-19(14-12-18)32-25(17-6-2-1-3-7-17)30-23(27(32)34)16-20-8-5-15-35-20/h1-16H,(H,31,33)/b23-16-. The maximum Gasteiger partial charge on any atom is 0.282 e. The number of hydrogen-bond donors (Lipinski definition) is 1. The van der Waals surface area contributed by atoms with Crippen molar-refractivity contribution >= 4 is 58.3 Å². The van der Waals surface area contributed by atoms with Crippen LogP contribution in [0.2, 0.25) is 10.0 Å². The SMILES string of the molecule is O=C(Nc1c(Cl)cccc1Cl)c1ccc(N2C(=O)/C(=C/c3ccco3)N=C2c2ccccc2)cc1. The highest BCUT2D eigenvalue weighted by atomic mass is 35.5. The zero-order valence-corrected chi connectivity index (χ0v) is 19.6. The molecule has 8 heteroatoms. The van der Waals surface area contributed by atoms with E-state index in [-0.39, 0.29) is 17.5 Å². The van der Waals surface area contributed by atoms with Crippen molar-refractivity contribution in [2.45, 2.75) is 0 Å². The van der Waals surface area contributed by atoms with Gasteiger partial charge in [0.2, 0.25) is 0 Å². The van der Waals surface area contributed by atoms with Crippen LogP contribution in [-0.4, -0.2) is 17.6 Å². The molecule has 1 N–H and O–H groups in total. The molecule has 0 fully saturated rings. The van der Waals surface area contributed by atoms with Gasteiger partial charge in [0.15, 0.2) is 0 Å². The molecule has 0 bridgehead atoms. The lowest BCUT2D eigenvalue weighted by atomic mass is 10.1. The molecule has 3 aromatic carbocycles. The predicted octanol–water partition coefficient (Wildman–Crippen LogP) is 6.67. The molecule has 35 heavy (non-hydrogen) atoms. The maximum atomic E-state index is 13.3. The Morgan fingerprint density at radius 3 is 2.26 bits per heavy atom. The zero-order valence-electron chi connectivity index (χ0n) is 18.1. The Morgan fingerprint density at radius 2 is 1.60 bits per heavy atom. The quantitative estimate of drug-likeness (QED) is 0.310. The van der Waals surface area contributed by atoms with Gasteiger partial charge in [-0.3, -0.25) is 14.5 Å². The molecule has 0 saturated heterocycles. The third kappa shape index (κ3) is 4.62. The summed E-state index contributed by atoms with van der Waals surface area (Å²) in [7, 11) is 0. The number of amidine groups is 1. The number of para-hydroxylation sites is 1. The first-order valence-corrected chi connectivity index (χ1v) is 11.4. The Bertz CT molecular complexity index is 1440. The van der Waals surface area contributed by atoms with E-state index in [1.54, 1.807) is 60.7 Å². The number of carbonyl (C=O) groups excluding carboxylic acids is 2. The van der Waals surface area contributed by atoms with Crippen molar-refractivity contribution in [3.8, 4) is 0 Å². The van der Waals surface area contributed by atoms with E-state index in [0.717, 1.165) is 5.56 Å². The summed E-state index contributed by atoms with van der Waals surface area (Å²) in [6, 6.07) is 24.5. The van der Waals surface area contributed by atoms with Crippen LogP contribution in [0.15, 0.2) is 106 Å². The maximum absolute atomic E-state index is 13.3. The van der Waals surface area contributed by atoms with Crippen LogP contribution in [0, 0.1) is 0 Å². The number of halogens is 2. The smallest absolute Gasteiger partial charge is 0.282 e. The molecule has 1 aromatic heterocycles. The molecule has 1 aliphatic rings. The molecule has 4 aromatic rings. The number of aliphatic imine (C=N–C) groups is 1. The van der Waals surface area contributed by atoms with Crippen LogP contribution in [0.1, 0.15) is 21.7 Å². The summed E-state index contributed by atoms with van der Waals surface area (Å²) in [5.41, 5.74) is 2.30. The first-order valence-electron chi connectivity index (χ1n) is 10.6. The molecule has 172 valence electrons. The second-order valence-electron chi connectivity index (χ2n) is 7.58. The van der Waals surface area contributed by atoms with E-state index >= 15 is 0 Å². The Hall–Kier alpha value is -4.13. The van der Waals surface area contributed by atoms with Gasteiger partial charge in [-0.1, -0.05) is 59.6 Å². The summed E-state index contributed by atoms with van der Waals surface area (Å²) in [6.07, 6.45) is 3.13. The van der Waals surface area contributed by atoms with Gasteiger partial charge in [-0.25, -0.2) is 4.99 Å². The second-order valence-corrected chi connectivity index (χ2v) is 8.40. The Labute approximate surface area is 211 Å². The molecule has 2 amide bonds. The van der Waals surface area contributed by atoms with Crippen LogP contribution < -0.4 is 10.2 Å². The number of nitrogens with one attached hydrogen (secondary N) is 1. The lowest BCUT2D eigenvalue weighted by molar-refractivity contribution is -0.113. The first kappa shape index (κ1) is 22.7. The number of nitrogens with zero attached hydrogens (tertiary/aromatic N) is 2. The van der Waals surface area contributed by atoms with E-state index in [1.807, 2.05) is 30.3 Å². The van der Waals surface area contributed by atoms with Gasteiger partial charge in [0.25, 0.3) is 11.8 Å². The van der Waals surface area contributed by atoms with Crippen LogP contribution in [0.4, 0.5) is 11.4 Å². The van der Waals surface area contributed by atoms with Gasteiger partial charge in [-0.15, -0.1) is 0 Å². The molecule has 2 heterocycles. The minimum Gasteiger partial charge on any atom is -0.465 e. The van der Waals surface area contributed by atoms with Crippen molar-refractivity contribution in [3.05, 3.63) is 124 Å². The third-order valence-corrected chi connectivity index (χ3v) is 5.93. The third-order valence-electron chi connectivity index (χ3n) is 5.30. The minimum absolute atomic E-state index is 0.244. The molecule has 0 atom stereocenters. The largest absolute Gasteiger partial charge is 0.465 e. The van der Waals surface area contributed by atoms with Gasteiger partial charge >= 0.3 is 0 Å². The van der Waals surface area contributed by atoms with E-state index in [1.165, 1.54) is 11.2 Å². The number of amides is 2. The van der Waals surface area contributed by atoms with E-state index in [2.05, 4.69) is 10.3 Å². The van der Waals surface area contributed by atoms with Crippen molar-refractivity contribution in [1.29, 1.82) is 0 Å².